The summed E-state index contributed by atoms with van der Waals surface area (Å²) in [4.78, 5) is 0. The van der Waals surface area contributed by atoms with Crippen molar-refractivity contribution in [3.8, 4) is 0 Å². The second-order valence-corrected chi connectivity index (χ2v) is 23.4. The fraction of sp³-hybridized carbons (Fsp3) is 0.333. The molecule has 0 aliphatic carbocycles. The zero-order valence-corrected chi connectivity index (χ0v) is 20.3. The van der Waals surface area contributed by atoms with Crippen LogP contribution in [0, 0.1) is 0 Å². The zero-order valence-electron chi connectivity index (χ0n) is 17.2. The van der Waals surface area contributed by atoms with Crippen molar-refractivity contribution >= 4 is 37.3 Å². The van der Waals surface area contributed by atoms with Crippen LogP contribution in [0.25, 0.3) is 5.57 Å². The van der Waals surface area contributed by atoms with Crippen LogP contribution in [0.2, 0.25) is 28.9 Å². The van der Waals surface area contributed by atoms with E-state index in [-0.39, 0.29) is 0 Å². The molecule has 2 rings (SSSR count). The fourth-order valence-corrected chi connectivity index (χ4v) is 13.8. The number of hydrogen-bond donors (Lipinski definition) is 0. The van der Waals surface area contributed by atoms with Crippen LogP contribution in [0.15, 0.2) is 72.2 Å². The molecule has 0 aliphatic rings. The number of rotatable bonds is 8. The summed E-state index contributed by atoms with van der Waals surface area (Å²) >= 11 is -2.03. The average Bonchev–Trinajstić information content (AvgIpc) is 2.69. The maximum absolute atomic E-state index is 4.53. The van der Waals surface area contributed by atoms with E-state index in [2.05, 4.69) is 102 Å². The number of hydrogen-bond acceptors (Lipinski definition) is 0. The van der Waals surface area contributed by atoms with Crippen molar-refractivity contribution in [2.45, 2.75) is 49.6 Å². The molecule has 0 amide bonds. The Bertz CT molecular complexity index is 744. The number of benzene rings is 2. The summed E-state index contributed by atoms with van der Waals surface area (Å²) in [5.41, 5.74) is 2.43. The SMILES string of the molecule is C=C([C](=C)[Ge]([CH2]C)([CH2]C)[CH2]C)c1ccc([Si](C)(C)c2ccccc2)cc1. The van der Waals surface area contributed by atoms with Gasteiger partial charge in [0.05, 0.1) is 0 Å². The molecule has 0 aromatic heterocycles. The fourth-order valence-electron chi connectivity index (χ4n) is 3.99. The van der Waals surface area contributed by atoms with Crippen LogP contribution in [-0.2, 0) is 0 Å². The molecular weight excluding hydrogens is 389 g/mol. The normalized spacial score (nSPS) is 12.0. The summed E-state index contributed by atoms with van der Waals surface area (Å²) < 4.78 is 1.39. The molecule has 138 valence electrons. The summed E-state index contributed by atoms with van der Waals surface area (Å²) in [6.45, 7) is 20.9. The third kappa shape index (κ3) is 3.99. The van der Waals surface area contributed by atoms with Crippen molar-refractivity contribution in [3.05, 3.63) is 77.7 Å². The van der Waals surface area contributed by atoms with E-state index in [0.29, 0.717) is 0 Å². The van der Waals surface area contributed by atoms with Crippen LogP contribution < -0.4 is 10.4 Å². The van der Waals surface area contributed by atoms with Crippen LogP contribution in [-0.4, -0.2) is 21.3 Å². The standard InChI is InChI=1S/C24H34GeSi/c1-8-25(9-2,10-3)21(5)20(4)22-16-18-24(19-17-22)26(6,7)23-14-12-11-13-15-23/h11-19H,4-5,8-10H2,1-3,6-7H3. The molecule has 26 heavy (non-hydrogen) atoms. The first-order chi connectivity index (χ1) is 12.3. The molecule has 0 nitrogen and oxygen atoms in total. The molecule has 0 bridgehead atoms. The minimum atomic E-state index is -2.03. The van der Waals surface area contributed by atoms with Crippen LogP contribution >= 0.6 is 0 Å². The summed E-state index contributed by atoms with van der Waals surface area (Å²) in [6, 6.07) is 20.1. The Morgan fingerprint density at radius 1 is 0.769 bits per heavy atom. The van der Waals surface area contributed by atoms with Gasteiger partial charge in [-0.1, -0.05) is 0 Å². The van der Waals surface area contributed by atoms with Crippen LogP contribution in [0.3, 0.4) is 0 Å². The van der Waals surface area contributed by atoms with Crippen molar-refractivity contribution in [1.82, 2.24) is 0 Å². The van der Waals surface area contributed by atoms with Crippen molar-refractivity contribution in [3.63, 3.8) is 0 Å². The Morgan fingerprint density at radius 2 is 1.23 bits per heavy atom. The zero-order chi connectivity index (χ0) is 19.4. The Kier molecular flexibility index (Phi) is 6.92. The van der Waals surface area contributed by atoms with Gasteiger partial charge in [-0.05, 0) is 0 Å². The van der Waals surface area contributed by atoms with Crippen LogP contribution in [0.5, 0.6) is 0 Å². The Hall–Kier alpha value is -1.32. The van der Waals surface area contributed by atoms with Gasteiger partial charge in [-0.15, -0.1) is 0 Å². The molecule has 0 heterocycles. The van der Waals surface area contributed by atoms with Gasteiger partial charge >= 0.3 is 165 Å². The Labute approximate surface area is 164 Å². The third-order valence-corrected chi connectivity index (χ3v) is 21.9. The molecule has 0 aliphatic heterocycles. The maximum atomic E-state index is 4.53. The molecule has 0 unspecified atom stereocenters. The first-order valence-corrected chi connectivity index (χ1v) is 18.4. The molecule has 0 N–H and O–H groups in total. The van der Waals surface area contributed by atoms with E-state index in [0.717, 1.165) is 0 Å². The van der Waals surface area contributed by atoms with Gasteiger partial charge in [0, 0.05) is 0 Å². The van der Waals surface area contributed by atoms with E-state index in [9.17, 15) is 0 Å². The molecule has 2 aromatic carbocycles. The number of allylic oxidation sites excluding steroid dienone is 2. The summed E-state index contributed by atoms with van der Waals surface area (Å²) in [7, 11) is -1.64. The molecule has 0 spiro atoms. The van der Waals surface area contributed by atoms with Crippen molar-refractivity contribution in [1.29, 1.82) is 0 Å². The first kappa shape index (κ1) is 21.0. The molecule has 0 fully saturated rings. The Morgan fingerprint density at radius 3 is 1.69 bits per heavy atom. The van der Waals surface area contributed by atoms with E-state index >= 15 is 0 Å². The monoisotopic (exact) mass is 424 g/mol. The van der Waals surface area contributed by atoms with Crippen molar-refractivity contribution in [2.24, 2.45) is 0 Å². The summed E-state index contributed by atoms with van der Waals surface area (Å²) in [6.07, 6.45) is 0. The van der Waals surface area contributed by atoms with Gasteiger partial charge in [0.25, 0.3) is 0 Å². The average molecular weight is 423 g/mol. The Balaban J connectivity index is 2.29. The molecule has 2 heteroatoms. The van der Waals surface area contributed by atoms with Gasteiger partial charge in [0.15, 0.2) is 0 Å². The predicted molar refractivity (Wildman–Crippen MR) is 125 cm³/mol. The molecule has 2 aromatic rings. The predicted octanol–water partition coefficient (Wildman–Crippen LogP) is 6.13. The minimum absolute atomic E-state index is 1.18. The van der Waals surface area contributed by atoms with Crippen molar-refractivity contribution < 1.29 is 0 Å². The van der Waals surface area contributed by atoms with Gasteiger partial charge in [0.2, 0.25) is 0 Å². The van der Waals surface area contributed by atoms with E-state index in [1.165, 1.54) is 41.7 Å². The second kappa shape index (κ2) is 8.58. The van der Waals surface area contributed by atoms with E-state index in [1.54, 1.807) is 0 Å². The van der Waals surface area contributed by atoms with E-state index < -0.39 is 21.3 Å². The van der Waals surface area contributed by atoms with Gasteiger partial charge < -0.3 is 0 Å². The second-order valence-electron chi connectivity index (χ2n) is 7.87. The van der Waals surface area contributed by atoms with Gasteiger partial charge in [0.1, 0.15) is 0 Å². The molecular formula is C24H34GeSi. The summed E-state index contributed by atoms with van der Waals surface area (Å²) in [5.74, 6) is 0. The quantitative estimate of drug-likeness (QED) is 0.354. The molecule has 0 saturated heterocycles. The van der Waals surface area contributed by atoms with Crippen LogP contribution in [0.1, 0.15) is 26.3 Å². The van der Waals surface area contributed by atoms with Gasteiger partial charge in [-0.2, -0.15) is 0 Å². The third-order valence-electron chi connectivity index (χ3n) is 6.49. The van der Waals surface area contributed by atoms with E-state index in [4.69, 9.17) is 0 Å². The summed E-state index contributed by atoms with van der Waals surface area (Å²) in [5, 5.41) is 6.86. The van der Waals surface area contributed by atoms with Gasteiger partial charge in [-0.3, -0.25) is 0 Å². The topological polar surface area (TPSA) is 0 Å². The van der Waals surface area contributed by atoms with E-state index in [1.807, 2.05) is 0 Å². The van der Waals surface area contributed by atoms with Crippen LogP contribution in [0.4, 0.5) is 0 Å². The molecule has 0 radical (unpaired) electrons. The first-order valence-electron chi connectivity index (χ1n) is 9.87. The van der Waals surface area contributed by atoms with Crippen molar-refractivity contribution in [2.75, 3.05) is 0 Å². The molecule has 0 atom stereocenters. The van der Waals surface area contributed by atoms with Gasteiger partial charge in [-0.25, -0.2) is 0 Å². The molecule has 0 saturated carbocycles.